The molecule has 3 aliphatic rings. The van der Waals surface area contributed by atoms with E-state index in [4.69, 9.17) is 0 Å². The molecule has 166 valence electrons. The van der Waals surface area contributed by atoms with Crippen molar-refractivity contribution in [2.24, 2.45) is 28.7 Å². The number of allylic oxidation sites excluding steroid dienone is 2. The number of aliphatic imine (C=N–C) groups is 1. The van der Waals surface area contributed by atoms with E-state index in [1.165, 1.54) is 23.1 Å². The maximum atomic E-state index is 13.7. The summed E-state index contributed by atoms with van der Waals surface area (Å²) in [7, 11) is 0. The fraction of sp³-hybridized carbons (Fsp3) is 0.522. The second-order valence-corrected chi connectivity index (χ2v) is 8.32. The summed E-state index contributed by atoms with van der Waals surface area (Å²) >= 11 is 0. The Balaban J connectivity index is 1.26. The number of halogens is 2. The molecule has 4 unspecified atom stereocenters. The number of hydrogen-bond acceptors (Lipinski definition) is 3. The van der Waals surface area contributed by atoms with Gasteiger partial charge in [0.1, 0.15) is 11.6 Å². The van der Waals surface area contributed by atoms with Gasteiger partial charge in [0.2, 0.25) is 11.8 Å². The van der Waals surface area contributed by atoms with E-state index in [1.54, 1.807) is 0 Å². The predicted molar refractivity (Wildman–Crippen MR) is 113 cm³/mol. The molecule has 0 spiro atoms. The zero-order valence-electron chi connectivity index (χ0n) is 17.6. The van der Waals surface area contributed by atoms with Crippen molar-refractivity contribution in [1.29, 1.82) is 0 Å². The van der Waals surface area contributed by atoms with E-state index in [1.807, 2.05) is 6.92 Å². The van der Waals surface area contributed by atoms with Gasteiger partial charge in [-0.05, 0) is 50.2 Å². The van der Waals surface area contributed by atoms with E-state index in [0.29, 0.717) is 38.6 Å². The second kappa shape index (κ2) is 9.16. The molecule has 1 aliphatic heterocycles. The van der Waals surface area contributed by atoms with Crippen LogP contribution in [0.15, 0.2) is 35.3 Å². The molecule has 4 rings (SSSR count). The maximum absolute atomic E-state index is 13.7. The van der Waals surface area contributed by atoms with E-state index in [-0.39, 0.29) is 47.5 Å². The van der Waals surface area contributed by atoms with Gasteiger partial charge in [-0.25, -0.2) is 8.78 Å². The SMILES string of the molecule is CCNC(=NCCCN1C(=O)C2C3C=CC(C3)C2C1=O)NCCc1c(F)cccc1F. The van der Waals surface area contributed by atoms with Gasteiger partial charge in [0.25, 0.3) is 0 Å². The minimum atomic E-state index is -0.558. The van der Waals surface area contributed by atoms with Crippen LogP contribution in [-0.2, 0) is 16.0 Å². The molecular formula is C23H28F2N4O2. The third-order valence-corrected chi connectivity index (χ3v) is 6.44. The lowest BCUT2D eigenvalue weighted by atomic mass is 9.85. The minimum absolute atomic E-state index is 0.0345. The molecule has 1 saturated carbocycles. The summed E-state index contributed by atoms with van der Waals surface area (Å²) in [6, 6.07) is 3.83. The Bertz CT molecular complexity index is 867. The van der Waals surface area contributed by atoms with Crippen LogP contribution in [-0.4, -0.2) is 48.9 Å². The van der Waals surface area contributed by atoms with E-state index in [9.17, 15) is 18.4 Å². The number of likely N-dealkylation sites (tertiary alicyclic amines) is 1. The van der Waals surface area contributed by atoms with E-state index < -0.39 is 11.6 Å². The van der Waals surface area contributed by atoms with Crippen LogP contribution in [0.2, 0.25) is 0 Å². The molecular weight excluding hydrogens is 402 g/mol. The number of guanidine groups is 1. The first-order valence-corrected chi connectivity index (χ1v) is 11.0. The van der Waals surface area contributed by atoms with Crippen molar-refractivity contribution in [3.63, 3.8) is 0 Å². The van der Waals surface area contributed by atoms with Crippen LogP contribution >= 0.6 is 0 Å². The number of carbonyl (C=O) groups is 2. The van der Waals surface area contributed by atoms with Gasteiger partial charge in [0.15, 0.2) is 5.96 Å². The lowest BCUT2D eigenvalue weighted by Gasteiger charge is -2.17. The zero-order chi connectivity index (χ0) is 22.0. The molecule has 1 aromatic carbocycles. The van der Waals surface area contributed by atoms with Crippen LogP contribution in [0.3, 0.4) is 0 Å². The van der Waals surface area contributed by atoms with Crippen LogP contribution < -0.4 is 10.6 Å². The lowest BCUT2D eigenvalue weighted by molar-refractivity contribution is -0.140. The topological polar surface area (TPSA) is 73.8 Å². The average Bonchev–Trinajstić information content (AvgIpc) is 3.42. The average molecular weight is 430 g/mol. The molecule has 6 nitrogen and oxygen atoms in total. The second-order valence-electron chi connectivity index (χ2n) is 8.32. The molecule has 2 N–H and O–H groups in total. The molecule has 1 saturated heterocycles. The summed E-state index contributed by atoms with van der Waals surface area (Å²) in [5.41, 5.74) is 0.0471. The van der Waals surface area contributed by atoms with Crippen molar-refractivity contribution in [2.45, 2.75) is 26.2 Å². The fourth-order valence-corrected chi connectivity index (χ4v) is 5.02. The monoisotopic (exact) mass is 430 g/mol. The highest BCUT2D eigenvalue weighted by atomic mass is 19.1. The molecule has 31 heavy (non-hydrogen) atoms. The highest BCUT2D eigenvalue weighted by molar-refractivity contribution is 6.06. The smallest absolute Gasteiger partial charge is 0.233 e. The van der Waals surface area contributed by atoms with Crippen molar-refractivity contribution >= 4 is 17.8 Å². The summed E-state index contributed by atoms with van der Waals surface area (Å²) in [4.78, 5) is 31.3. The molecule has 0 radical (unpaired) electrons. The Kier molecular flexibility index (Phi) is 6.34. The summed E-state index contributed by atoms with van der Waals surface area (Å²) in [6.07, 6.45) is 5.87. The predicted octanol–water partition coefficient (Wildman–Crippen LogP) is 2.26. The Morgan fingerprint density at radius 2 is 1.74 bits per heavy atom. The Morgan fingerprint density at radius 1 is 1.10 bits per heavy atom. The molecule has 2 amide bonds. The first-order valence-electron chi connectivity index (χ1n) is 11.0. The van der Waals surface area contributed by atoms with Crippen molar-refractivity contribution in [3.05, 3.63) is 47.5 Å². The molecule has 4 atom stereocenters. The third kappa shape index (κ3) is 4.20. The summed E-state index contributed by atoms with van der Waals surface area (Å²) < 4.78 is 27.5. The molecule has 2 aliphatic carbocycles. The number of carbonyl (C=O) groups excluding carboxylic acids is 2. The van der Waals surface area contributed by atoms with Crippen LogP contribution in [0.25, 0.3) is 0 Å². The molecule has 2 bridgehead atoms. The number of nitrogens with zero attached hydrogens (tertiary/aromatic N) is 2. The van der Waals surface area contributed by atoms with E-state index >= 15 is 0 Å². The molecule has 1 heterocycles. The van der Waals surface area contributed by atoms with Crippen molar-refractivity contribution in [3.8, 4) is 0 Å². The van der Waals surface area contributed by atoms with Crippen LogP contribution in [0.5, 0.6) is 0 Å². The third-order valence-electron chi connectivity index (χ3n) is 6.44. The van der Waals surface area contributed by atoms with Gasteiger partial charge < -0.3 is 10.6 Å². The number of hydrogen-bond donors (Lipinski definition) is 2. The Morgan fingerprint density at radius 3 is 2.35 bits per heavy atom. The number of amides is 2. The number of fused-ring (bicyclic) bond motifs is 5. The summed E-state index contributed by atoms with van der Waals surface area (Å²) in [5, 5.41) is 6.16. The van der Waals surface area contributed by atoms with Crippen LogP contribution in [0.1, 0.15) is 25.3 Å². The summed E-state index contributed by atoms with van der Waals surface area (Å²) in [5.74, 6) is -0.531. The van der Waals surface area contributed by atoms with Crippen LogP contribution in [0, 0.1) is 35.3 Å². The first-order chi connectivity index (χ1) is 15.0. The molecule has 0 aromatic heterocycles. The quantitative estimate of drug-likeness (QED) is 0.218. The van der Waals surface area contributed by atoms with Crippen molar-refractivity contribution < 1.29 is 18.4 Å². The van der Waals surface area contributed by atoms with Gasteiger partial charge >= 0.3 is 0 Å². The lowest BCUT2D eigenvalue weighted by Crippen LogP contribution is -2.39. The first kappa shape index (κ1) is 21.5. The van der Waals surface area contributed by atoms with Crippen LogP contribution in [0.4, 0.5) is 8.78 Å². The van der Waals surface area contributed by atoms with Gasteiger partial charge in [-0.15, -0.1) is 0 Å². The Hall–Kier alpha value is -2.77. The van der Waals surface area contributed by atoms with Gasteiger partial charge in [-0.2, -0.15) is 0 Å². The highest BCUT2D eigenvalue weighted by Crippen LogP contribution is 2.52. The zero-order valence-corrected chi connectivity index (χ0v) is 17.6. The van der Waals surface area contributed by atoms with Gasteiger partial charge in [0, 0.05) is 31.7 Å². The highest BCUT2D eigenvalue weighted by Gasteiger charge is 2.58. The molecule has 2 fully saturated rings. The number of nitrogens with one attached hydrogen (secondary N) is 2. The normalized spacial score (nSPS) is 26.7. The van der Waals surface area contributed by atoms with E-state index in [0.717, 1.165) is 6.42 Å². The van der Waals surface area contributed by atoms with Crippen molar-refractivity contribution in [2.75, 3.05) is 26.2 Å². The van der Waals surface area contributed by atoms with Gasteiger partial charge in [0.05, 0.1) is 11.8 Å². The fourth-order valence-electron chi connectivity index (χ4n) is 5.02. The summed E-state index contributed by atoms with van der Waals surface area (Å²) in [6.45, 7) is 3.69. The maximum Gasteiger partial charge on any atom is 0.233 e. The minimum Gasteiger partial charge on any atom is -0.357 e. The number of rotatable bonds is 8. The molecule has 1 aromatic rings. The van der Waals surface area contributed by atoms with Crippen molar-refractivity contribution in [1.82, 2.24) is 15.5 Å². The van der Waals surface area contributed by atoms with E-state index in [2.05, 4.69) is 27.8 Å². The molecule has 8 heteroatoms. The van der Waals surface area contributed by atoms with Gasteiger partial charge in [-0.3, -0.25) is 19.5 Å². The number of imide groups is 1. The standard InChI is InChI=1S/C23H28F2N4O2/c1-2-26-23(28-11-9-16-17(24)5-3-6-18(16)25)27-10-4-12-29-21(30)19-14-7-8-15(13-14)20(19)22(29)31/h3,5-8,14-15,19-20H,2,4,9-13H2,1H3,(H2,26,27,28). The van der Waals surface area contributed by atoms with Gasteiger partial charge in [-0.1, -0.05) is 18.2 Å². The Labute approximate surface area is 180 Å². The number of benzene rings is 1. The largest absolute Gasteiger partial charge is 0.357 e.